The molecule has 6 nitrogen and oxygen atoms in total. The molecule has 21 heavy (non-hydrogen) atoms. The van der Waals surface area contributed by atoms with E-state index in [0.29, 0.717) is 0 Å². The summed E-state index contributed by atoms with van der Waals surface area (Å²) in [6, 6.07) is -0.648. The number of nitrogens with one attached hydrogen (secondary N) is 1. The van der Waals surface area contributed by atoms with Gasteiger partial charge in [-0.1, -0.05) is 12.8 Å². The van der Waals surface area contributed by atoms with Crippen LogP contribution in [-0.4, -0.2) is 47.7 Å². The molecule has 0 bridgehead atoms. The molecule has 0 aromatic rings. The number of ether oxygens (including phenoxy) is 1. The monoisotopic (exact) mass is 299 g/mol. The molecule has 6 heteroatoms. The number of rotatable bonds is 3. The van der Waals surface area contributed by atoms with Gasteiger partial charge in [-0.25, -0.2) is 4.79 Å². The molecule has 2 amide bonds. The zero-order valence-electron chi connectivity index (χ0n) is 13.8. The fourth-order valence-electron chi connectivity index (χ4n) is 2.53. The van der Waals surface area contributed by atoms with Gasteiger partial charge in [0.05, 0.1) is 12.1 Å². The van der Waals surface area contributed by atoms with E-state index in [9.17, 15) is 9.59 Å². The van der Waals surface area contributed by atoms with Crippen molar-refractivity contribution in [3.05, 3.63) is 0 Å². The highest BCUT2D eigenvalue weighted by atomic mass is 16.6. The van der Waals surface area contributed by atoms with Gasteiger partial charge < -0.3 is 20.7 Å². The minimum absolute atomic E-state index is 0.0451. The Labute approximate surface area is 127 Å². The normalized spacial score (nSPS) is 24.1. The van der Waals surface area contributed by atoms with E-state index in [-0.39, 0.29) is 24.1 Å². The molecule has 0 aromatic carbocycles. The maximum Gasteiger partial charge on any atom is 0.410 e. The summed E-state index contributed by atoms with van der Waals surface area (Å²) in [4.78, 5) is 25.6. The molecule has 1 aliphatic carbocycles. The van der Waals surface area contributed by atoms with Crippen molar-refractivity contribution in [1.29, 1.82) is 0 Å². The van der Waals surface area contributed by atoms with E-state index in [0.717, 1.165) is 25.7 Å². The summed E-state index contributed by atoms with van der Waals surface area (Å²) in [6.45, 7) is 7.18. The third-order valence-electron chi connectivity index (χ3n) is 3.65. The lowest BCUT2D eigenvalue weighted by atomic mass is 9.89. The molecule has 1 fully saturated rings. The van der Waals surface area contributed by atoms with Crippen LogP contribution in [0.3, 0.4) is 0 Å². The van der Waals surface area contributed by atoms with E-state index >= 15 is 0 Å². The highest BCUT2D eigenvalue weighted by molar-refractivity contribution is 5.81. The molecule has 0 radical (unpaired) electrons. The number of nitrogens with zero attached hydrogens (tertiary/aromatic N) is 1. The second-order valence-corrected chi connectivity index (χ2v) is 6.85. The molecular weight excluding hydrogens is 270 g/mol. The first-order valence-corrected chi connectivity index (χ1v) is 7.63. The van der Waals surface area contributed by atoms with Gasteiger partial charge in [0, 0.05) is 13.1 Å². The summed E-state index contributed by atoms with van der Waals surface area (Å²) < 4.78 is 5.40. The van der Waals surface area contributed by atoms with Crippen molar-refractivity contribution in [1.82, 2.24) is 10.2 Å². The minimum Gasteiger partial charge on any atom is -0.444 e. The van der Waals surface area contributed by atoms with Crippen molar-refractivity contribution in [2.24, 2.45) is 5.73 Å². The van der Waals surface area contributed by atoms with Gasteiger partial charge >= 0.3 is 6.09 Å². The van der Waals surface area contributed by atoms with Gasteiger partial charge in [0.25, 0.3) is 0 Å². The van der Waals surface area contributed by atoms with E-state index in [2.05, 4.69) is 5.32 Å². The summed E-state index contributed by atoms with van der Waals surface area (Å²) in [5, 5.41) is 2.95. The smallest absolute Gasteiger partial charge is 0.410 e. The molecule has 1 aliphatic rings. The largest absolute Gasteiger partial charge is 0.444 e. The van der Waals surface area contributed by atoms with Gasteiger partial charge in [-0.3, -0.25) is 4.79 Å². The van der Waals surface area contributed by atoms with Crippen LogP contribution < -0.4 is 11.1 Å². The van der Waals surface area contributed by atoms with Crippen LogP contribution in [-0.2, 0) is 9.53 Å². The van der Waals surface area contributed by atoms with E-state index in [1.807, 2.05) is 20.8 Å². The molecular formula is C15H29N3O3. The van der Waals surface area contributed by atoms with Crippen molar-refractivity contribution >= 4 is 12.0 Å². The predicted molar refractivity (Wildman–Crippen MR) is 81.8 cm³/mol. The number of nitrogens with two attached hydrogens (primary N) is 1. The highest BCUT2D eigenvalue weighted by Crippen LogP contribution is 2.24. The van der Waals surface area contributed by atoms with Crippen molar-refractivity contribution in [2.45, 2.75) is 77.1 Å². The SMILES string of the molecule is C[C@H](N)C(=O)N[C@@H]1CCCC[C@H]1N(C)C(=O)OC(C)(C)C. The van der Waals surface area contributed by atoms with Crippen LogP contribution >= 0.6 is 0 Å². The van der Waals surface area contributed by atoms with E-state index in [4.69, 9.17) is 10.5 Å². The Hall–Kier alpha value is -1.30. The van der Waals surface area contributed by atoms with Gasteiger partial charge in [-0.15, -0.1) is 0 Å². The lowest BCUT2D eigenvalue weighted by Crippen LogP contribution is -2.56. The van der Waals surface area contributed by atoms with Gasteiger partial charge in [-0.05, 0) is 40.5 Å². The average Bonchev–Trinajstić information content (AvgIpc) is 2.36. The van der Waals surface area contributed by atoms with Gasteiger partial charge in [0.2, 0.25) is 5.91 Å². The standard InChI is InChI=1S/C15H29N3O3/c1-10(16)13(19)17-11-8-6-7-9-12(11)18(5)14(20)21-15(2,3)4/h10-12H,6-9,16H2,1-5H3,(H,17,19)/t10-,11+,12+/m0/s1. The van der Waals surface area contributed by atoms with Crippen molar-refractivity contribution in [3.8, 4) is 0 Å². The molecule has 0 spiro atoms. The summed E-state index contributed by atoms with van der Waals surface area (Å²) in [7, 11) is 1.73. The van der Waals surface area contributed by atoms with E-state index < -0.39 is 11.6 Å². The number of hydrogen-bond donors (Lipinski definition) is 2. The lowest BCUT2D eigenvalue weighted by molar-refractivity contribution is -0.123. The van der Waals surface area contributed by atoms with Crippen LogP contribution in [0, 0.1) is 0 Å². The summed E-state index contributed by atoms with van der Waals surface area (Å²) in [6.07, 6.45) is 3.45. The summed E-state index contributed by atoms with van der Waals surface area (Å²) >= 11 is 0. The first kappa shape index (κ1) is 17.8. The van der Waals surface area contributed by atoms with E-state index in [1.165, 1.54) is 0 Å². The maximum absolute atomic E-state index is 12.2. The molecule has 0 aliphatic heterocycles. The van der Waals surface area contributed by atoms with Crippen LogP contribution in [0.4, 0.5) is 4.79 Å². The summed E-state index contributed by atoms with van der Waals surface area (Å²) in [5.41, 5.74) is 5.08. The third kappa shape index (κ3) is 5.53. The highest BCUT2D eigenvalue weighted by Gasteiger charge is 2.34. The van der Waals surface area contributed by atoms with Crippen molar-refractivity contribution in [3.63, 3.8) is 0 Å². The second-order valence-electron chi connectivity index (χ2n) is 6.85. The zero-order valence-corrected chi connectivity index (χ0v) is 13.8. The predicted octanol–water partition coefficient (Wildman–Crippen LogP) is 1.63. The Kier molecular flexibility index (Phi) is 6.01. The number of hydrogen-bond acceptors (Lipinski definition) is 4. The molecule has 0 heterocycles. The Balaban J connectivity index is 2.71. The molecule has 0 saturated heterocycles. The average molecular weight is 299 g/mol. The fraction of sp³-hybridized carbons (Fsp3) is 0.867. The third-order valence-corrected chi connectivity index (χ3v) is 3.65. The Morgan fingerprint density at radius 3 is 2.38 bits per heavy atom. The van der Waals surface area contributed by atoms with Gasteiger partial charge in [-0.2, -0.15) is 0 Å². The molecule has 3 atom stereocenters. The van der Waals surface area contributed by atoms with Crippen molar-refractivity contribution in [2.75, 3.05) is 7.05 Å². The van der Waals surface area contributed by atoms with Gasteiger partial charge in [0.15, 0.2) is 0 Å². The van der Waals surface area contributed by atoms with Crippen molar-refractivity contribution < 1.29 is 14.3 Å². The number of carbonyl (C=O) groups is 2. The number of likely N-dealkylation sites (N-methyl/N-ethyl adjacent to an activating group) is 1. The molecule has 0 aromatic heterocycles. The molecule has 122 valence electrons. The van der Waals surface area contributed by atoms with Crippen LogP contribution in [0.2, 0.25) is 0 Å². The minimum atomic E-state index is -0.542. The second kappa shape index (κ2) is 7.11. The summed E-state index contributed by atoms with van der Waals surface area (Å²) in [5.74, 6) is -0.176. The van der Waals surface area contributed by atoms with Gasteiger partial charge in [0.1, 0.15) is 5.60 Å². The molecule has 1 saturated carbocycles. The first-order chi connectivity index (χ1) is 9.61. The van der Waals surface area contributed by atoms with Crippen LogP contribution in [0.5, 0.6) is 0 Å². The van der Waals surface area contributed by atoms with Crippen LogP contribution in [0.25, 0.3) is 0 Å². The number of carbonyl (C=O) groups excluding carboxylic acids is 2. The molecule has 3 N–H and O–H groups in total. The molecule has 0 unspecified atom stereocenters. The lowest BCUT2D eigenvalue weighted by Gasteiger charge is -2.39. The van der Waals surface area contributed by atoms with E-state index in [1.54, 1.807) is 18.9 Å². The number of amides is 2. The first-order valence-electron chi connectivity index (χ1n) is 7.63. The Bertz CT molecular complexity index is 377. The fourth-order valence-corrected chi connectivity index (χ4v) is 2.53. The topological polar surface area (TPSA) is 84.7 Å². The Morgan fingerprint density at radius 2 is 1.86 bits per heavy atom. The zero-order chi connectivity index (χ0) is 16.2. The molecule has 1 rings (SSSR count). The maximum atomic E-state index is 12.2. The van der Waals surface area contributed by atoms with Crippen LogP contribution in [0.1, 0.15) is 53.4 Å². The van der Waals surface area contributed by atoms with Crippen LogP contribution in [0.15, 0.2) is 0 Å². The quantitative estimate of drug-likeness (QED) is 0.829. The Morgan fingerprint density at radius 1 is 1.29 bits per heavy atom.